The predicted molar refractivity (Wildman–Crippen MR) is 252 cm³/mol. The van der Waals surface area contributed by atoms with E-state index in [2.05, 4.69) is 212 Å². The summed E-state index contributed by atoms with van der Waals surface area (Å²) in [5, 5.41) is 0. The Morgan fingerprint density at radius 1 is 0.362 bits per heavy atom. The van der Waals surface area contributed by atoms with Crippen LogP contribution in [0.1, 0.15) is 79.0 Å². The van der Waals surface area contributed by atoms with Gasteiger partial charge in [-0.05, 0) is 120 Å². The fourth-order valence-electron chi connectivity index (χ4n) is 10.8. The first-order valence-electron chi connectivity index (χ1n) is 21.2. The van der Waals surface area contributed by atoms with Crippen LogP contribution in [0.3, 0.4) is 0 Å². The molecule has 4 heterocycles. The van der Waals surface area contributed by atoms with Crippen LogP contribution in [0.4, 0.5) is 34.1 Å². The minimum Gasteiger partial charge on any atom is -0.311 e. The zero-order valence-corrected chi connectivity index (χ0v) is 35.3. The highest BCUT2D eigenvalue weighted by Crippen LogP contribution is 2.50. The van der Waals surface area contributed by atoms with E-state index < -0.39 is 0 Å². The second kappa shape index (κ2) is 11.9. The van der Waals surface area contributed by atoms with Gasteiger partial charge in [0.1, 0.15) is 0 Å². The highest BCUT2D eigenvalue weighted by molar-refractivity contribution is 7.03. The first-order chi connectivity index (χ1) is 27.7. The monoisotopic (exact) mass is 748 g/mol. The van der Waals surface area contributed by atoms with Crippen molar-refractivity contribution in [2.75, 3.05) is 9.80 Å². The van der Waals surface area contributed by atoms with Crippen LogP contribution < -0.4 is 42.6 Å². The lowest BCUT2D eigenvalue weighted by Crippen LogP contribution is -2.61. The van der Waals surface area contributed by atoms with Gasteiger partial charge in [0.2, 0.25) is 13.4 Å². The molecule has 0 amide bonds. The highest BCUT2D eigenvalue weighted by Gasteiger charge is 2.51. The van der Waals surface area contributed by atoms with Crippen LogP contribution in [-0.2, 0) is 16.2 Å². The molecule has 0 atom stereocenters. The lowest BCUT2D eigenvalue weighted by molar-refractivity contribution is 0.589. The number of fused-ring (bicyclic) bond motifs is 10. The summed E-state index contributed by atoms with van der Waals surface area (Å²) in [4.78, 5) is 5.27. The molecule has 0 unspecified atom stereocenters. The van der Waals surface area contributed by atoms with Crippen LogP contribution in [0, 0.1) is 0 Å². The van der Waals surface area contributed by atoms with Crippen LogP contribution in [-0.4, -0.2) is 13.4 Å². The first kappa shape index (κ1) is 35.4. The standard InChI is InChI=1S/C54H50B2N2/c1-52(2,3)33-27-28-42-39(29-33)40-30-34(53(4,5)6)31-45-49(40)56(42)50-46(57(45)35-19-12-10-13-20-35)32-43-51(47(50)54(7,8)9)58(36-21-14-11-15-22-36)44-26-18-24-38-37-23-16-17-25-41(37)55(43)48(38)44/h10-32H,1-9H3. The SMILES string of the molecule is CC(C)(C)c1ccc2c(c1)-c1cc(C(C)(C)C)cc3c1B2c1c(cc2c(c1C(C)(C)C)N(c1ccccc1)c1cccc4c1B2c1ccccc1-4)N3c1ccccc1. The molecular formula is C54H50B2N2. The van der Waals surface area contributed by atoms with Gasteiger partial charge in [-0.25, -0.2) is 0 Å². The average Bonchev–Trinajstić information content (AvgIpc) is 3.71. The van der Waals surface area contributed by atoms with Gasteiger partial charge in [0.15, 0.2) is 0 Å². The van der Waals surface area contributed by atoms with Gasteiger partial charge in [0.25, 0.3) is 0 Å². The van der Waals surface area contributed by atoms with Gasteiger partial charge in [0.05, 0.1) is 0 Å². The molecule has 58 heavy (non-hydrogen) atoms. The number of nitrogens with zero attached hydrogens (tertiary/aromatic N) is 2. The maximum absolute atomic E-state index is 2.64. The van der Waals surface area contributed by atoms with E-state index in [9.17, 15) is 0 Å². The second-order valence-electron chi connectivity index (χ2n) is 20.2. The fourth-order valence-corrected chi connectivity index (χ4v) is 10.8. The Hall–Kier alpha value is -5.73. The van der Waals surface area contributed by atoms with Gasteiger partial charge in [0, 0.05) is 34.1 Å². The minimum atomic E-state index is -0.213. The van der Waals surface area contributed by atoms with E-state index in [1.165, 1.54) is 106 Å². The smallest absolute Gasteiger partial charge is 0.248 e. The van der Waals surface area contributed by atoms with Crippen molar-refractivity contribution in [2.45, 2.75) is 78.6 Å². The molecule has 282 valence electrons. The third-order valence-corrected chi connectivity index (χ3v) is 13.4. The molecule has 0 aromatic heterocycles. The van der Waals surface area contributed by atoms with Crippen LogP contribution in [0.25, 0.3) is 22.3 Å². The molecule has 0 N–H and O–H groups in total. The minimum absolute atomic E-state index is 0.0293. The van der Waals surface area contributed by atoms with Crippen LogP contribution in [0.2, 0.25) is 0 Å². The summed E-state index contributed by atoms with van der Waals surface area (Å²) in [6.07, 6.45) is 0. The molecule has 0 aliphatic carbocycles. The van der Waals surface area contributed by atoms with E-state index in [0.717, 1.165) is 0 Å². The molecule has 0 spiro atoms. The predicted octanol–water partition coefficient (Wildman–Crippen LogP) is 10.1. The number of rotatable bonds is 2. The van der Waals surface area contributed by atoms with E-state index in [1.54, 1.807) is 0 Å². The van der Waals surface area contributed by atoms with Gasteiger partial charge >= 0.3 is 0 Å². The van der Waals surface area contributed by atoms with Crippen LogP contribution in [0.15, 0.2) is 140 Å². The number of anilines is 6. The summed E-state index contributed by atoms with van der Waals surface area (Å²) in [5.74, 6) is 0. The summed E-state index contributed by atoms with van der Waals surface area (Å²) in [7, 11) is 0. The molecule has 4 heteroatoms. The van der Waals surface area contributed by atoms with Crippen molar-refractivity contribution in [3.05, 3.63) is 156 Å². The molecule has 0 radical (unpaired) electrons. The number of para-hydroxylation sites is 2. The summed E-state index contributed by atoms with van der Waals surface area (Å²) in [5.41, 5.74) is 25.6. The lowest BCUT2D eigenvalue weighted by atomic mass is 9.33. The molecule has 7 aromatic carbocycles. The van der Waals surface area contributed by atoms with Crippen molar-refractivity contribution in [2.24, 2.45) is 0 Å². The Bertz CT molecular complexity index is 2850. The average molecular weight is 749 g/mol. The normalized spacial score (nSPS) is 14.5. The van der Waals surface area contributed by atoms with Crippen molar-refractivity contribution < 1.29 is 0 Å². The number of hydrogen-bond acceptors (Lipinski definition) is 2. The van der Waals surface area contributed by atoms with E-state index in [-0.39, 0.29) is 29.7 Å². The highest BCUT2D eigenvalue weighted by atomic mass is 15.2. The number of hydrogen-bond donors (Lipinski definition) is 0. The Labute approximate surface area is 345 Å². The Morgan fingerprint density at radius 3 is 1.60 bits per heavy atom. The molecule has 2 nitrogen and oxygen atoms in total. The molecule has 0 saturated heterocycles. The first-order valence-corrected chi connectivity index (χ1v) is 21.2. The zero-order valence-electron chi connectivity index (χ0n) is 35.3. The van der Waals surface area contributed by atoms with E-state index in [4.69, 9.17) is 0 Å². The topological polar surface area (TPSA) is 6.48 Å². The van der Waals surface area contributed by atoms with Crippen molar-refractivity contribution in [1.29, 1.82) is 0 Å². The van der Waals surface area contributed by atoms with Gasteiger partial charge in [-0.2, -0.15) is 0 Å². The van der Waals surface area contributed by atoms with Gasteiger partial charge in [-0.3, -0.25) is 0 Å². The van der Waals surface area contributed by atoms with E-state index in [1.807, 2.05) is 0 Å². The van der Waals surface area contributed by atoms with Gasteiger partial charge in [-0.15, -0.1) is 0 Å². The molecule has 4 aliphatic rings. The maximum atomic E-state index is 2.64. The van der Waals surface area contributed by atoms with Crippen molar-refractivity contribution in [3.8, 4) is 22.3 Å². The summed E-state index contributed by atoms with van der Waals surface area (Å²) in [6.45, 7) is 21.7. The Kier molecular flexibility index (Phi) is 7.28. The number of benzene rings is 7. The lowest BCUT2D eigenvalue weighted by Gasteiger charge is -2.45. The largest absolute Gasteiger partial charge is 0.311 e. The molecule has 0 fully saturated rings. The molecule has 0 saturated carbocycles. The molecule has 11 rings (SSSR count). The van der Waals surface area contributed by atoms with Crippen LogP contribution >= 0.6 is 0 Å². The van der Waals surface area contributed by atoms with E-state index in [0.29, 0.717) is 0 Å². The fraction of sp³-hybridized carbons (Fsp3) is 0.222. The van der Waals surface area contributed by atoms with E-state index >= 15 is 0 Å². The molecular weight excluding hydrogens is 698 g/mol. The van der Waals surface area contributed by atoms with Crippen molar-refractivity contribution in [3.63, 3.8) is 0 Å². The molecule has 0 bridgehead atoms. The molecule has 4 aliphatic heterocycles. The third-order valence-electron chi connectivity index (χ3n) is 13.4. The zero-order chi connectivity index (χ0) is 40.0. The van der Waals surface area contributed by atoms with Crippen molar-refractivity contribution >= 4 is 80.3 Å². The van der Waals surface area contributed by atoms with Crippen molar-refractivity contribution in [1.82, 2.24) is 0 Å². The Balaban J connectivity index is 1.34. The second-order valence-corrected chi connectivity index (χ2v) is 20.2. The van der Waals surface area contributed by atoms with Crippen LogP contribution in [0.5, 0.6) is 0 Å². The van der Waals surface area contributed by atoms with Gasteiger partial charge in [-0.1, -0.05) is 170 Å². The quantitative estimate of drug-likeness (QED) is 0.163. The third kappa shape index (κ3) is 4.87. The summed E-state index contributed by atoms with van der Waals surface area (Å²) >= 11 is 0. The Morgan fingerprint density at radius 2 is 0.931 bits per heavy atom. The summed E-state index contributed by atoms with van der Waals surface area (Å²) in [6, 6.07) is 53.6. The molecule has 7 aromatic rings. The summed E-state index contributed by atoms with van der Waals surface area (Å²) < 4.78 is 0. The van der Waals surface area contributed by atoms with Gasteiger partial charge < -0.3 is 9.80 Å². The maximum Gasteiger partial charge on any atom is 0.248 e.